The number of likely N-dealkylation sites (N-methyl/N-ethyl adjacent to an activating group) is 1. The molecule has 0 bridgehead atoms. The number of rotatable bonds is 7. The third-order valence-electron chi connectivity index (χ3n) is 3.90. The van der Waals surface area contributed by atoms with Gasteiger partial charge in [0.15, 0.2) is 6.61 Å². The molecule has 0 radical (unpaired) electrons. The Morgan fingerprint density at radius 2 is 2.24 bits per heavy atom. The zero-order valence-electron chi connectivity index (χ0n) is 14.4. The van der Waals surface area contributed by atoms with Gasteiger partial charge in [0.1, 0.15) is 5.75 Å². The summed E-state index contributed by atoms with van der Waals surface area (Å²) in [5, 5.41) is 9.45. The molecule has 0 aromatic heterocycles. The molecule has 25 heavy (non-hydrogen) atoms. The highest BCUT2D eigenvalue weighted by molar-refractivity contribution is 6.31. The molecule has 138 valence electrons. The monoisotopic (exact) mass is 370 g/mol. The van der Waals surface area contributed by atoms with Crippen LogP contribution in [0.5, 0.6) is 5.75 Å². The van der Waals surface area contributed by atoms with Gasteiger partial charge in [-0.15, -0.1) is 0 Å². The van der Waals surface area contributed by atoms with E-state index < -0.39 is 5.97 Å². The standard InChI is InChI=1S/C17H23ClN2O5/c1-12-7-13(3-4-15(12)18)25-11-16(21)20-5-6-24-14(9-20)8-19(2)10-17(22)23/h3-4,7,14H,5-6,8-11H2,1-2H3,(H,22,23). The molecule has 1 aliphatic rings. The lowest BCUT2D eigenvalue weighted by Gasteiger charge is -2.34. The average Bonchev–Trinajstić information content (AvgIpc) is 2.55. The molecule has 1 aromatic rings. The number of carboxylic acids is 1. The average molecular weight is 371 g/mol. The van der Waals surface area contributed by atoms with Crippen molar-refractivity contribution in [2.24, 2.45) is 0 Å². The highest BCUT2D eigenvalue weighted by Crippen LogP contribution is 2.21. The second kappa shape index (κ2) is 9.03. The first-order valence-corrected chi connectivity index (χ1v) is 8.41. The smallest absolute Gasteiger partial charge is 0.317 e. The van der Waals surface area contributed by atoms with Crippen molar-refractivity contribution in [1.29, 1.82) is 0 Å². The van der Waals surface area contributed by atoms with Gasteiger partial charge in [0.05, 0.1) is 19.3 Å². The number of halogens is 1. The predicted octanol–water partition coefficient (Wildman–Crippen LogP) is 1.27. The van der Waals surface area contributed by atoms with E-state index in [2.05, 4.69) is 0 Å². The number of hydrogen-bond acceptors (Lipinski definition) is 5. The lowest BCUT2D eigenvalue weighted by molar-refractivity contribution is -0.143. The van der Waals surface area contributed by atoms with E-state index in [4.69, 9.17) is 26.2 Å². The molecule has 2 rings (SSSR count). The summed E-state index contributed by atoms with van der Waals surface area (Å²) >= 11 is 5.97. The quantitative estimate of drug-likeness (QED) is 0.778. The number of morpholine rings is 1. The Morgan fingerprint density at radius 3 is 2.92 bits per heavy atom. The van der Waals surface area contributed by atoms with Gasteiger partial charge in [0, 0.05) is 24.7 Å². The molecular formula is C17H23ClN2O5. The molecule has 0 spiro atoms. The van der Waals surface area contributed by atoms with Crippen molar-refractivity contribution in [2.75, 3.05) is 46.4 Å². The highest BCUT2D eigenvalue weighted by Gasteiger charge is 2.25. The van der Waals surface area contributed by atoms with Gasteiger partial charge >= 0.3 is 5.97 Å². The van der Waals surface area contributed by atoms with Gasteiger partial charge in [-0.25, -0.2) is 0 Å². The minimum absolute atomic E-state index is 0.0568. The maximum Gasteiger partial charge on any atom is 0.317 e. The maximum absolute atomic E-state index is 12.3. The summed E-state index contributed by atoms with van der Waals surface area (Å²) in [7, 11) is 1.71. The molecule has 8 heteroatoms. The number of carbonyl (C=O) groups is 2. The van der Waals surface area contributed by atoms with Crippen LogP contribution in [-0.4, -0.2) is 79.3 Å². The Labute approximate surface area is 152 Å². The number of carboxylic acid groups (broad SMARTS) is 1. The van der Waals surface area contributed by atoms with E-state index in [0.717, 1.165) is 5.56 Å². The van der Waals surface area contributed by atoms with Crippen LogP contribution < -0.4 is 4.74 Å². The molecule has 1 N–H and O–H groups in total. The van der Waals surface area contributed by atoms with E-state index in [1.165, 1.54) is 0 Å². The van der Waals surface area contributed by atoms with E-state index >= 15 is 0 Å². The zero-order chi connectivity index (χ0) is 18.4. The molecule has 1 aliphatic heterocycles. The Hall–Kier alpha value is -1.83. The second-order valence-electron chi connectivity index (χ2n) is 6.12. The van der Waals surface area contributed by atoms with Gasteiger partial charge in [0.2, 0.25) is 0 Å². The van der Waals surface area contributed by atoms with Gasteiger partial charge in [-0.1, -0.05) is 11.6 Å². The molecule has 1 unspecified atom stereocenters. The molecule has 1 heterocycles. The number of aliphatic carboxylic acids is 1. The van der Waals surface area contributed by atoms with Crippen molar-refractivity contribution in [3.8, 4) is 5.75 Å². The molecule has 1 atom stereocenters. The lowest BCUT2D eigenvalue weighted by atomic mass is 10.2. The van der Waals surface area contributed by atoms with Crippen molar-refractivity contribution in [3.63, 3.8) is 0 Å². The van der Waals surface area contributed by atoms with Crippen molar-refractivity contribution in [3.05, 3.63) is 28.8 Å². The number of amides is 1. The fourth-order valence-electron chi connectivity index (χ4n) is 2.64. The van der Waals surface area contributed by atoms with Gasteiger partial charge in [-0.2, -0.15) is 0 Å². The molecule has 1 fully saturated rings. The number of carbonyl (C=O) groups excluding carboxylic acids is 1. The van der Waals surface area contributed by atoms with Gasteiger partial charge < -0.3 is 19.5 Å². The summed E-state index contributed by atoms with van der Waals surface area (Å²) in [6.07, 6.45) is -0.208. The van der Waals surface area contributed by atoms with E-state index in [-0.39, 0.29) is 25.2 Å². The van der Waals surface area contributed by atoms with Crippen LogP contribution in [0.1, 0.15) is 5.56 Å². The molecular weight excluding hydrogens is 348 g/mol. The number of ether oxygens (including phenoxy) is 2. The van der Waals surface area contributed by atoms with Crippen LogP contribution in [0.15, 0.2) is 18.2 Å². The van der Waals surface area contributed by atoms with Crippen LogP contribution in [0.4, 0.5) is 0 Å². The number of benzene rings is 1. The SMILES string of the molecule is Cc1cc(OCC(=O)N2CCOC(CN(C)CC(=O)O)C2)ccc1Cl. The van der Waals surface area contributed by atoms with E-state index in [1.807, 2.05) is 6.92 Å². The van der Waals surface area contributed by atoms with Gasteiger partial charge in [-0.05, 0) is 37.7 Å². The third-order valence-corrected chi connectivity index (χ3v) is 4.33. The third kappa shape index (κ3) is 6.19. The van der Waals surface area contributed by atoms with Gasteiger partial charge in [0.25, 0.3) is 5.91 Å². The summed E-state index contributed by atoms with van der Waals surface area (Å²) in [4.78, 5) is 26.4. The van der Waals surface area contributed by atoms with Crippen molar-refractivity contribution in [2.45, 2.75) is 13.0 Å². The summed E-state index contributed by atoms with van der Waals surface area (Å²) in [5.41, 5.74) is 0.888. The molecule has 7 nitrogen and oxygen atoms in total. The normalized spacial score (nSPS) is 17.6. The highest BCUT2D eigenvalue weighted by atomic mass is 35.5. The van der Waals surface area contributed by atoms with Gasteiger partial charge in [-0.3, -0.25) is 14.5 Å². The molecule has 1 amide bonds. The van der Waals surface area contributed by atoms with Crippen LogP contribution in [0, 0.1) is 6.92 Å². The minimum atomic E-state index is -0.891. The molecule has 1 saturated heterocycles. The van der Waals surface area contributed by atoms with Crippen LogP contribution in [0.25, 0.3) is 0 Å². The van der Waals surface area contributed by atoms with E-state index in [0.29, 0.717) is 37.0 Å². The van der Waals surface area contributed by atoms with Crippen molar-refractivity contribution < 1.29 is 24.2 Å². The Morgan fingerprint density at radius 1 is 1.48 bits per heavy atom. The minimum Gasteiger partial charge on any atom is -0.484 e. The topological polar surface area (TPSA) is 79.3 Å². The van der Waals surface area contributed by atoms with Crippen molar-refractivity contribution in [1.82, 2.24) is 9.80 Å². The van der Waals surface area contributed by atoms with E-state index in [9.17, 15) is 9.59 Å². The number of aryl methyl sites for hydroxylation is 1. The fraction of sp³-hybridized carbons (Fsp3) is 0.529. The summed E-state index contributed by atoms with van der Waals surface area (Å²) in [6, 6.07) is 5.25. The lowest BCUT2D eigenvalue weighted by Crippen LogP contribution is -2.50. The summed E-state index contributed by atoms with van der Waals surface area (Å²) in [6.45, 7) is 3.56. The number of nitrogens with zero attached hydrogens (tertiary/aromatic N) is 2. The molecule has 0 saturated carbocycles. The summed E-state index contributed by atoms with van der Waals surface area (Å²) < 4.78 is 11.2. The maximum atomic E-state index is 12.3. The summed E-state index contributed by atoms with van der Waals surface area (Å²) in [5.74, 6) is -0.416. The molecule has 0 aliphatic carbocycles. The zero-order valence-corrected chi connectivity index (χ0v) is 15.2. The number of hydrogen-bond donors (Lipinski definition) is 1. The van der Waals surface area contributed by atoms with Crippen molar-refractivity contribution >= 4 is 23.5 Å². The first kappa shape index (κ1) is 19.5. The molecule has 1 aromatic carbocycles. The first-order chi connectivity index (χ1) is 11.8. The fourth-order valence-corrected chi connectivity index (χ4v) is 2.76. The van der Waals surface area contributed by atoms with Crippen LogP contribution in [-0.2, 0) is 14.3 Å². The Bertz CT molecular complexity index is 625. The first-order valence-electron chi connectivity index (χ1n) is 8.04. The predicted molar refractivity (Wildman–Crippen MR) is 93.1 cm³/mol. The van der Waals surface area contributed by atoms with Crippen LogP contribution >= 0.6 is 11.6 Å². The largest absolute Gasteiger partial charge is 0.484 e. The Balaban J connectivity index is 1.82. The Kier molecular flexibility index (Phi) is 7.04. The van der Waals surface area contributed by atoms with E-state index in [1.54, 1.807) is 35.0 Å². The van der Waals surface area contributed by atoms with Crippen LogP contribution in [0.3, 0.4) is 0 Å². The van der Waals surface area contributed by atoms with Crippen LogP contribution in [0.2, 0.25) is 5.02 Å². The second-order valence-corrected chi connectivity index (χ2v) is 6.53.